The predicted molar refractivity (Wildman–Crippen MR) is 79.5 cm³/mol. The highest BCUT2D eigenvalue weighted by Gasteiger charge is 1.99. The molecule has 1 aromatic carbocycles. The van der Waals surface area contributed by atoms with Crippen LogP contribution in [-0.2, 0) is 6.54 Å². The Bertz CT molecular complexity index is 510. The minimum Gasteiger partial charge on any atom is -0.357 e. The summed E-state index contributed by atoms with van der Waals surface area (Å²) < 4.78 is 0. The quantitative estimate of drug-likeness (QED) is 0.592. The van der Waals surface area contributed by atoms with Crippen LogP contribution in [0.1, 0.15) is 11.3 Å². The molecule has 0 fully saturated rings. The summed E-state index contributed by atoms with van der Waals surface area (Å²) in [5.41, 5.74) is 8.04. The van der Waals surface area contributed by atoms with Gasteiger partial charge in [-0.2, -0.15) is 0 Å². The number of aromatic nitrogens is 1. The fourth-order valence-electron chi connectivity index (χ4n) is 1.34. The highest BCUT2D eigenvalue weighted by Crippen LogP contribution is 2.12. The first-order chi connectivity index (χ1) is 8.74. The summed E-state index contributed by atoms with van der Waals surface area (Å²) in [7, 11) is 0. The second-order valence-electron chi connectivity index (χ2n) is 3.71. The Hall–Kier alpha value is -1.66. The molecule has 3 N–H and O–H groups in total. The van der Waals surface area contributed by atoms with E-state index in [0.29, 0.717) is 11.7 Å². The number of thiazole rings is 1. The third-order valence-corrected chi connectivity index (χ3v) is 3.32. The average molecular weight is 278 g/mol. The monoisotopic (exact) mass is 278 g/mol. The molecule has 0 bridgehead atoms. The number of hydrogen-bond acceptors (Lipinski definition) is 4. The van der Waals surface area contributed by atoms with E-state index in [1.54, 1.807) is 0 Å². The van der Waals surface area contributed by atoms with Gasteiger partial charge in [-0.3, -0.25) is 10.9 Å². The van der Waals surface area contributed by atoms with Crippen molar-refractivity contribution in [3.8, 4) is 0 Å². The molecule has 0 atom stereocenters. The number of hydrogen-bond donors (Lipinski definition) is 3. The zero-order valence-electron chi connectivity index (χ0n) is 9.93. The van der Waals surface area contributed by atoms with Crippen LogP contribution in [0.25, 0.3) is 0 Å². The lowest BCUT2D eigenvalue weighted by Crippen LogP contribution is -2.38. The Labute approximate surface area is 115 Å². The van der Waals surface area contributed by atoms with Gasteiger partial charge >= 0.3 is 0 Å². The molecular formula is C12H14N4S2. The molecule has 94 valence electrons. The van der Waals surface area contributed by atoms with Crippen molar-refractivity contribution in [3.05, 3.63) is 47.0 Å². The summed E-state index contributed by atoms with van der Waals surface area (Å²) in [5, 5.41) is 6.44. The lowest BCUT2D eigenvalue weighted by Gasteiger charge is -2.10. The van der Waals surface area contributed by atoms with E-state index < -0.39 is 0 Å². The highest BCUT2D eigenvalue weighted by atomic mass is 32.1. The van der Waals surface area contributed by atoms with Gasteiger partial charge < -0.3 is 5.32 Å². The van der Waals surface area contributed by atoms with E-state index in [1.807, 2.05) is 42.6 Å². The number of benzene rings is 1. The van der Waals surface area contributed by atoms with E-state index in [-0.39, 0.29) is 0 Å². The average Bonchev–Trinajstić information content (AvgIpc) is 2.81. The number of nitrogens with zero attached hydrogens (tertiary/aromatic N) is 1. The van der Waals surface area contributed by atoms with E-state index in [4.69, 9.17) is 12.2 Å². The second kappa shape index (κ2) is 6.32. The van der Waals surface area contributed by atoms with Crippen molar-refractivity contribution >= 4 is 33.8 Å². The molecule has 2 aromatic rings. The third-order valence-electron chi connectivity index (χ3n) is 2.20. The predicted octanol–water partition coefficient (Wildman–Crippen LogP) is 2.44. The topological polar surface area (TPSA) is 49.0 Å². The summed E-state index contributed by atoms with van der Waals surface area (Å²) in [6, 6.07) is 10.1. The van der Waals surface area contributed by atoms with Gasteiger partial charge in [0.1, 0.15) is 0 Å². The van der Waals surface area contributed by atoms with Crippen molar-refractivity contribution in [1.29, 1.82) is 0 Å². The van der Waals surface area contributed by atoms with Crippen LogP contribution >= 0.6 is 23.6 Å². The molecule has 0 aliphatic rings. The van der Waals surface area contributed by atoms with Crippen LogP contribution in [0.5, 0.6) is 0 Å². The Morgan fingerprint density at radius 2 is 2.11 bits per heavy atom. The first kappa shape index (κ1) is 12.8. The first-order valence-corrected chi connectivity index (χ1v) is 6.79. The van der Waals surface area contributed by atoms with Gasteiger partial charge in [0.2, 0.25) is 5.13 Å². The van der Waals surface area contributed by atoms with Gasteiger partial charge in [0.15, 0.2) is 5.11 Å². The molecule has 0 amide bonds. The zero-order valence-corrected chi connectivity index (χ0v) is 11.6. The largest absolute Gasteiger partial charge is 0.357 e. The van der Waals surface area contributed by atoms with Crippen molar-refractivity contribution in [3.63, 3.8) is 0 Å². The Morgan fingerprint density at radius 3 is 2.78 bits per heavy atom. The Morgan fingerprint density at radius 1 is 1.33 bits per heavy atom. The van der Waals surface area contributed by atoms with Crippen molar-refractivity contribution in [2.24, 2.45) is 0 Å². The lowest BCUT2D eigenvalue weighted by atomic mass is 10.2. The van der Waals surface area contributed by atoms with Crippen LogP contribution in [0, 0.1) is 6.92 Å². The van der Waals surface area contributed by atoms with Crippen molar-refractivity contribution in [2.45, 2.75) is 13.5 Å². The smallest absolute Gasteiger partial charge is 0.201 e. The van der Waals surface area contributed by atoms with E-state index in [0.717, 1.165) is 10.8 Å². The molecule has 0 unspecified atom stereocenters. The minimum atomic E-state index is 0.548. The van der Waals surface area contributed by atoms with Gasteiger partial charge in [-0.1, -0.05) is 30.3 Å². The fraction of sp³-hybridized carbons (Fsp3) is 0.167. The van der Waals surface area contributed by atoms with Crippen molar-refractivity contribution in [1.82, 2.24) is 15.7 Å². The van der Waals surface area contributed by atoms with E-state index in [9.17, 15) is 0 Å². The normalized spacial score (nSPS) is 9.83. The number of hydrazine groups is 1. The standard InChI is InChI=1S/C12H14N4S2/c1-9-8-18-12(14-9)16-15-11(17)13-7-10-5-3-2-4-6-10/h2-6,8H,7H2,1H3,(H,14,16)(H2,13,15,17). The molecule has 1 heterocycles. The molecule has 1 aromatic heterocycles. The number of aryl methyl sites for hydroxylation is 1. The summed E-state index contributed by atoms with van der Waals surface area (Å²) in [6.07, 6.45) is 0. The van der Waals surface area contributed by atoms with Crippen LogP contribution in [-0.4, -0.2) is 10.1 Å². The highest BCUT2D eigenvalue weighted by molar-refractivity contribution is 7.80. The van der Waals surface area contributed by atoms with Crippen LogP contribution in [0.15, 0.2) is 35.7 Å². The molecule has 0 aliphatic carbocycles. The molecule has 0 saturated heterocycles. The molecule has 0 radical (unpaired) electrons. The van der Waals surface area contributed by atoms with Crippen molar-refractivity contribution < 1.29 is 0 Å². The molecule has 6 heteroatoms. The maximum Gasteiger partial charge on any atom is 0.201 e. The summed E-state index contributed by atoms with van der Waals surface area (Å²) >= 11 is 6.69. The van der Waals surface area contributed by atoms with Gasteiger partial charge in [0, 0.05) is 11.9 Å². The molecule has 18 heavy (non-hydrogen) atoms. The summed E-state index contributed by atoms with van der Waals surface area (Å²) in [5.74, 6) is 0. The fourth-order valence-corrected chi connectivity index (χ4v) is 2.11. The Balaban J connectivity index is 1.73. The number of rotatable bonds is 4. The van der Waals surface area contributed by atoms with Gasteiger partial charge in [-0.05, 0) is 24.7 Å². The van der Waals surface area contributed by atoms with Crippen molar-refractivity contribution in [2.75, 3.05) is 5.43 Å². The number of anilines is 1. The second-order valence-corrected chi connectivity index (χ2v) is 4.98. The lowest BCUT2D eigenvalue weighted by molar-refractivity contribution is 0.885. The first-order valence-electron chi connectivity index (χ1n) is 5.50. The molecule has 4 nitrogen and oxygen atoms in total. The van der Waals surface area contributed by atoms with E-state index in [2.05, 4.69) is 21.2 Å². The molecule has 2 rings (SSSR count). The maximum absolute atomic E-state index is 5.15. The van der Waals surface area contributed by atoms with Crippen LogP contribution in [0.4, 0.5) is 5.13 Å². The van der Waals surface area contributed by atoms with E-state index >= 15 is 0 Å². The van der Waals surface area contributed by atoms with Gasteiger partial charge in [0.25, 0.3) is 0 Å². The third kappa shape index (κ3) is 3.97. The molecule has 0 spiro atoms. The SMILES string of the molecule is Cc1csc(NNC(=S)NCc2ccccc2)n1. The zero-order chi connectivity index (χ0) is 12.8. The Kier molecular flexibility index (Phi) is 4.49. The number of nitrogens with one attached hydrogen (secondary N) is 3. The molecule has 0 saturated carbocycles. The maximum atomic E-state index is 5.15. The van der Waals surface area contributed by atoms with Crippen LogP contribution in [0.3, 0.4) is 0 Å². The van der Waals surface area contributed by atoms with E-state index in [1.165, 1.54) is 16.9 Å². The van der Waals surface area contributed by atoms with Crippen LogP contribution < -0.4 is 16.2 Å². The van der Waals surface area contributed by atoms with Gasteiger partial charge in [0.05, 0.1) is 5.69 Å². The molecule has 0 aliphatic heterocycles. The van der Waals surface area contributed by atoms with Crippen LogP contribution in [0.2, 0.25) is 0 Å². The minimum absolute atomic E-state index is 0.548. The van der Waals surface area contributed by atoms with Gasteiger partial charge in [-0.25, -0.2) is 4.98 Å². The molecular weight excluding hydrogens is 264 g/mol. The summed E-state index contributed by atoms with van der Waals surface area (Å²) in [6.45, 7) is 2.65. The van der Waals surface area contributed by atoms with Gasteiger partial charge in [-0.15, -0.1) is 11.3 Å². The number of thiocarbonyl (C=S) groups is 1. The summed E-state index contributed by atoms with van der Waals surface area (Å²) in [4.78, 5) is 4.26.